The molecule has 4 heterocycles. The van der Waals surface area contributed by atoms with Crippen LogP contribution in [0, 0.1) is 5.41 Å². The van der Waals surface area contributed by atoms with E-state index in [0.717, 1.165) is 41.3 Å². The van der Waals surface area contributed by atoms with Gasteiger partial charge in [0.05, 0.1) is 40.3 Å². The van der Waals surface area contributed by atoms with Gasteiger partial charge in [-0.2, -0.15) is 21.8 Å². The number of thioether (sulfide) groups is 1. The lowest BCUT2D eigenvalue weighted by atomic mass is 9.89. The zero-order chi connectivity index (χ0) is 62.7. The molecule has 1 fully saturated rings. The first-order chi connectivity index (χ1) is 40.5. The van der Waals surface area contributed by atoms with Crippen LogP contribution < -0.4 is 43.7 Å². The number of carboxylic acid groups (broad SMARTS) is 3. The molecular weight excluding hydrogens is 1190 g/mol. The van der Waals surface area contributed by atoms with Gasteiger partial charge in [-0.05, 0) is 85.5 Å². The van der Waals surface area contributed by atoms with Crippen molar-refractivity contribution in [3.63, 3.8) is 0 Å². The van der Waals surface area contributed by atoms with Crippen molar-refractivity contribution in [2.24, 2.45) is 0 Å². The number of fused-ring (bicyclic) bond motifs is 3. The summed E-state index contributed by atoms with van der Waals surface area (Å²) in [5, 5.41) is 46.6. The Labute approximate surface area is 488 Å². The van der Waals surface area contributed by atoms with Crippen LogP contribution in [0.1, 0.15) is 82.2 Å². The third kappa shape index (κ3) is 13.5. The number of hydrogen-bond donors (Lipinski definition) is 13. The van der Waals surface area contributed by atoms with Crippen molar-refractivity contribution in [2.45, 2.75) is 85.3 Å². The highest BCUT2D eigenvalue weighted by atomic mass is 32.2. The second kappa shape index (κ2) is 25.1. The van der Waals surface area contributed by atoms with Crippen molar-refractivity contribution in [1.29, 1.82) is 5.41 Å². The molecular formula is C52H50N12O19S3. The number of anilines is 3. The number of carbonyl (C=O) groups excluding carboxylic acids is 5. The summed E-state index contributed by atoms with van der Waals surface area (Å²) in [7, 11) is -10.6. The summed E-state index contributed by atoms with van der Waals surface area (Å²) in [6, 6.07) is 9.85. The smallest absolute Gasteiger partial charge is 0.336 e. The van der Waals surface area contributed by atoms with Crippen LogP contribution in [-0.4, -0.2) is 143 Å². The van der Waals surface area contributed by atoms with Gasteiger partial charge in [0.25, 0.3) is 37.6 Å². The second-order valence-electron chi connectivity index (χ2n) is 19.2. The first-order valence-corrected chi connectivity index (χ1v) is 29.4. The van der Waals surface area contributed by atoms with Crippen LogP contribution in [-0.2, 0) is 50.8 Å². The standard InChI is InChI=1S/C52H50N12O19S3/c1-2-3-4-35(61-46(68)23-7-10-26(29(17-23)49(71)72)38-27-11-13-30(53)42(85(77,78)79)40(27)83-41-28(38)12-14-31(54)43(41)86(80,81)82)64-37(66)18-34(48(64)70)84-21-33(51(75)76)59-36(65)16-15-32(50(73)74)60-45(67)22-5-8-24(9-6-22)56-19-25-20-57-44-39(58-25)47(69)63-52(55)62-44/h5-14,17,20,32-35,53,56H,2-4,15-16,18-19,21,54H2,1H3,(H,59,65)(H,60,67)(H,61,68)(H,71,72)(H,73,74)(H,75,76)(H,77,78,79)(H,80,81,82)(H3,55,57,62,63,69). The summed E-state index contributed by atoms with van der Waals surface area (Å²) < 4.78 is 76.6. The van der Waals surface area contributed by atoms with Gasteiger partial charge in [0.2, 0.25) is 23.7 Å². The zero-order valence-electron chi connectivity index (χ0n) is 44.5. The Balaban J connectivity index is 0.914. The van der Waals surface area contributed by atoms with E-state index in [9.17, 15) is 84.4 Å². The second-order valence-corrected chi connectivity index (χ2v) is 23.2. The molecule has 3 aliphatic rings. The molecule has 34 heteroatoms. The summed E-state index contributed by atoms with van der Waals surface area (Å²) in [4.78, 5) is 131. The summed E-state index contributed by atoms with van der Waals surface area (Å²) >= 11 is 0.701. The predicted molar refractivity (Wildman–Crippen MR) is 302 cm³/mol. The molecule has 450 valence electrons. The van der Waals surface area contributed by atoms with E-state index >= 15 is 0 Å². The lowest BCUT2D eigenvalue weighted by Crippen LogP contribution is -2.51. The number of imide groups is 1. The van der Waals surface area contributed by atoms with Gasteiger partial charge in [-0.15, -0.1) is 11.8 Å². The van der Waals surface area contributed by atoms with Crippen LogP contribution in [0.15, 0.2) is 91.9 Å². The van der Waals surface area contributed by atoms with E-state index in [1.165, 1.54) is 36.5 Å². The maximum atomic E-state index is 14.1. The number of nitrogens with one attached hydrogen (secondary N) is 6. The molecule has 0 radical (unpaired) electrons. The fraction of sp³-hybridized carbons (Fsp3) is 0.250. The van der Waals surface area contributed by atoms with E-state index in [-0.39, 0.29) is 63.3 Å². The van der Waals surface area contributed by atoms with Gasteiger partial charge in [0.1, 0.15) is 18.2 Å². The number of aromatic nitrogens is 4. The molecule has 0 saturated carbocycles. The van der Waals surface area contributed by atoms with Crippen molar-refractivity contribution in [3.8, 4) is 22.5 Å². The minimum Gasteiger partial charge on any atom is -0.480 e. The fourth-order valence-electron chi connectivity index (χ4n) is 9.27. The third-order valence-electron chi connectivity index (χ3n) is 13.3. The van der Waals surface area contributed by atoms with E-state index < -0.39 is 159 Å². The van der Waals surface area contributed by atoms with E-state index in [0.29, 0.717) is 36.0 Å². The van der Waals surface area contributed by atoms with Crippen LogP contribution in [0.4, 0.5) is 17.3 Å². The Bertz CT molecular complexity index is 4290. The number of carboxylic acids is 3. The Morgan fingerprint density at radius 1 is 0.826 bits per heavy atom. The normalized spacial score (nSPS) is 14.6. The Morgan fingerprint density at radius 2 is 1.49 bits per heavy atom. The first kappa shape index (κ1) is 62.2. The number of H-pyrrole nitrogens is 1. The van der Waals surface area contributed by atoms with Crippen LogP contribution in [0.25, 0.3) is 44.6 Å². The van der Waals surface area contributed by atoms with Crippen molar-refractivity contribution in [1.82, 2.24) is 40.8 Å². The van der Waals surface area contributed by atoms with Crippen molar-refractivity contribution < 1.29 is 84.0 Å². The number of aromatic amines is 1. The van der Waals surface area contributed by atoms with Crippen molar-refractivity contribution in [2.75, 3.05) is 22.5 Å². The minimum atomic E-state index is -5.33. The van der Waals surface area contributed by atoms with Crippen LogP contribution >= 0.6 is 11.8 Å². The number of hydrogen-bond acceptors (Lipinski definition) is 22. The lowest BCUT2D eigenvalue weighted by Gasteiger charge is -2.28. The molecule has 1 saturated heterocycles. The molecule has 1 aliphatic carbocycles. The van der Waals surface area contributed by atoms with Gasteiger partial charge in [0.15, 0.2) is 32.3 Å². The molecule has 86 heavy (non-hydrogen) atoms. The van der Waals surface area contributed by atoms with Crippen LogP contribution in [0.3, 0.4) is 0 Å². The van der Waals surface area contributed by atoms with Crippen molar-refractivity contribution in [3.05, 3.63) is 111 Å². The van der Waals surface area contributed by atoms with Crippen molar-refractivity contribution >= 4 is 119 Å². The molecule has 15 N–H and O–H groups in total. The van der Waals surface area contributed by atoms with Gasteiger partial charge in [-0.3, -0.25) is 53.2 Å². The summed E-state index contributed by atoms with van der Waals surface area (Å²) in [6.45, 7) is 1.88. The molecule has 31 nitrogen and oxygen atoms in total. The molecule has 3 aromatic carbocycles. The maximum Gasteiger partial charge on any atom is 0.336 e. The molecule has 4 unspecified atom stereocenters. The maximum absolute atomic E-state index is 14.1. The number of unbranched alkanes of at least 4 members (excludes halogenated alkanes) is 1. The SMILES string of the molecule is CCCCC(NC(=O)c1ccc(-c2c3ccc(=N)c(S(=O)(=O)O)c-3oc3c(S(=O)(=O)O)c(N)ccc23)c(C(=O)O)c1)N1C(=O)CC(SCC(NC(=O)CCC(NC(=O)c2ccc(NCc3cnc4nc(N)[nH]c(=O)c4n3)cc2)C(=O)O)C(=O)O)C1=O. The predicted octanol–water partition coefficient (Wildman–Crippen LogP) is 2.02. The highest BCUT2D eigenvalue weighted by Gasteiger charge is 2.44. The van der Waals surface area contributed by atoms with Gasteiger partial charge in [-0.1, -0.05) is 19.4 Å². The van der Waals surface area contributed by atoms with E-state index in [4.69, 9.17) is 21.3 Å². The van der Waals surface area contributed by atoms with Gasteiger partial charge in [-0.25, -0.2) is 24.4 Å². The highest BCUT2D eigenvalue weighted by Crippen LogP contribution is 2.46. The molecule has 2 aromatic heterocycles. The van der Waals surface area contributed by atoms with E-state index in [1.54, 1.807) is 6.92 Å². The van der Waals surface area contributed by atoms with Gasteiger partial charge >= 0.3 is 17.9 Å². The number of nitrogens with two attached hydrogens (primary N) is 2. The number of amides is 5. The molecule has 4 atom stereocenters. The number of nitrogen functional groups attached to an aromatic ring is 2. The highest BCUT2D eigenvalue weighted by molar-refractivity contribution is 8.00. The monoisotopic (exact) mass is 1240 g/mol. The number of benzene rings is 4. The fourth-order valence-corrected chi connectivity index (χ4v) is 11.9. The Kier molecular flexibility index (Phi) is 18.2. The molecule has 2 aliphatic heterocycles. The summed E-state index contributed by atoms with van der Waals surface area (Å²) in [5.41, 5.74) is 8.52. The molecule has 0 bridgehead atoms. The average molecular weight is 1240 g/mol. The topological polar surface area (TPSA) is 518 Å². The number of nitrogens with zero attached hydrogens (tertiary/aromatic N) is 4. The van der Waals surface area contributed by atoms with Gasteiger partial charge < -0.3 is 52.5 Å². The number of carbonyl (C=O) groups is 8. The molecule has 5 amide bonds. The molecule has 5 aromatic rings. The largest absolute Gasteiger partial charge is 0.480 e. The number of aromatic carboxylic acids is 1. The summed E-state index contributed by atoms with van der Waals surface area (Å²) in [6.07, 6.45) is -0.690. The first-order valence-electron chi connectivity index (χ1n) is 25.4. The van der Waals surface area contributed by atoms with Crippen LogP contribution in [0.2, 0.25) is 0 Å². The zero-order valence-corrected chi connectivity index (χ0v) is 47.0. The Hall–Kier alpha value is -9.90. The average Bonchev–Trinajstić information content (AvgIpc) is 0.862. The summed E-state index contributed by atoms with van der Waals surface area (Å²) in [5.74, 6) is -10.6. The van der Waals surface area contributed by atoms with Gasteiger partial charge in [0, 0.05) is 51.9 Å². The lowest BCUT2D eigenvalue weighted by molar-refractivity contribution is -0.142. The van der Waals surface area contributed by atoms with E-state index in [2.05, 4.69) is 41.2 Å². The number of likely N-dealkylation sites (tertiary alicyclic amines) is 1. The molecule has 0 spiro atoms. The van der Waals surface area contributed by atoms with Crippen LogP contribution in [0.5, 0.6) is 0 Å². The van der Waals surface area contributed by atoms with E-state index in [1.807, 2.05) is 0 Å². The number of rotatable bonds is 24. The minimum absolute atomic E-state index is 0.0137. The molecule has 8 rings (SSSR count). The third-order valence-corrected chi connectivity index (χ3v) is 16.5. The number of aliphatic carboxylic acids is 2. The Morgan fingerprint density at radius 3 is 2.14 bits per heavy atom. The quantitative estimate of drug-likeness (QED) is 0.0178.